The first kappa shape index (κ1) is 22.4. The summed E-state index contributed by atoms with van der Waals surface area (Å²) in [4.78, 5) is 37.8. The number of hydrogen-bond donors (Lipinski definition) is 1. The molecule has 154 valence electrons. The molecular formula is C22H25ClN2O4. The molecule has 6 nitrogen and oxygen atoms in total. The van der Waals surface area contributed by atoms with Gasteiger partial charge in [0, 0.05) is 37.1 Å². The molecule has 0 aliphatic heterocycles. The van der Waals surface area contributed by atoms with Gasteiger partial charge in [-0.25, -0.2) is 0 Å². The Bertz CT molecular complexity index is 824. The van der Waals surface area contributed by atoms with E-state index in [4.69, 9.17) is 16.3 Å². The van der Waals surface area contributed by atoms with Crippen LogP contribution in [0.4, 0.5) is 0 Å². The van der Waals surface area contributed by atoms with Crippen LogP contribution >= 0.6 is 11.6 Å². The first-order chi connectivity index (χ1) is 13.9. The van der Waals surface area contributed by atoms with Crippen molar-refractivity contribution in [2.45, 2.75) is 32.4 Å². The summed E-state index contributed by atoms with van der Waals surface area (Å²) in [6.07, 6.45) is -0.334. The van der Waals surface area contributed by atoms with Crippen molar-refractivity contribution >= 4 is 29.4 Å². The molecular weight excluding hydrogens is 392 g/mol. The summed E-state index contributed by atoms with van der Waals surface area (Å²) in [5.74, 6) is -0.973. The Morgan fingerprint density at radius 1 is 1.07 bits per heavy atom. The third-order valence-electron chi connectivity index (χ3n) is 4.24. The van der Waals surface area contributed by atoms with Crippen LogP contribution in [0.15, 0.2) is 54.6 Å². The van der Waals surface area contributed by atoms with E-state index < -0.39 is 12.1 Å². The second kappa shape index (κ2) is 11.2. The molecule has 1 N–H and O–H groups in total. The number of halogens is 1. The summed E-state index contributed by atoms with van der Waals surface area (Å²) in [7, 11) is 1.67. The number of carbonyl (C=O) groups excluding carboxylic acids is 3. The van der Waals surface area contributed by atoms with Crippen molar-refractivity contribution in [3.8, 4) is 0 Å². The van der Waals surface area contributed by atoms with Crippen molar-refractivity contribution < 1.29 is 19.1 Å². The highest BCUT2D eigenvalue weighted by atomic mass is 35.5. The Morgan fingerprint density at radius 2 is 1.72 bits per heavy atom. The van der Waals surface area contributed by atoms with E-state index in [0.717, 1.165) is 5.56 Å². The van der Waals surface area contributed by atoms with Gasteiger partial charge in [-0.3, -0.25) is 14.4 Å². The molecule has 0 heterocycles. The van der Waals surface area contributed by atoms with Gasteiger partial charge in [0.05, 0.1) is 0 Å². The highest BCUT2D eigenvalue weighted by Gasteiger charge is 2.21. The second-order valence-corrected chi connectivity index (χ2v) is 7.11. The summed E-state index contributed by atoms with van der Waals surface area (Å²) in [6.45, 7) is 2.33. The van der Waals surface area contributed by atoms with Crippen LogP contribution in [0, 0.1) is 0 Å². The normalized spacial score (nSPS) is 11.4. The van der Waals surface area contributed by atoms with Gasteiger partial charge in [0.2, 0.25) is 0 Å². The Labute approximate surface area is 175 Å². The largest absolute Gasteiger partial charge is 0.453 e. The highest BCUT2D eigenvalue weighted by Crippen LogP contribution is 2.10. The molecule has 0 saturated heterocycles. The van der Waals surface area contributed by atoms with E-state index in [1.165, 1.54) is 4.90 Å². The third kappa shape index (κ3) is 7.58. The van der Waals surface area contributed by atoms with E-state index in [1.807, 2.05) is 30.3 Å². The van der Waals surface area contributed by atoms with Gasteiger partial charge in [0.25, 0.3) is 11.8 Å². The first-order valence-corrected chi connectivity index (χ1v) is 9.76. The Kier molecular flexibility index (Phi) is 8.68. The fourth-order valence-corrected chi connectivity index (χ4v) is 2.82. The minimum Gasteiger partial charge on any atom is -0.453 e. The maximum atomic E-state index is 12.4. The molecule has 7 heteroatoms. The molecule has 2 amide bonds. The van der Waals surface area contributed by atoms with Crippen LogP contribution in [0.5, 0.6) is 0 Å². The number of esters is 1. The van der Waals surface area contributed by atoms with Crippen LogP contribution in [0.1, 0.15) is 35.7 Å². The molecule has 2 rings (SSSR count). The smallest absolute Gasteiger partial charge is 0.306 e. The Balaban J connectivity index is 1.67. The molecule has 0 bridgehead atoms. The number of hydrogen-bond acceptors (Lipinski definition) is 4. The van der Waals surface area contributed by atoms with E-state index >= 15 is 0 Å². The zero-order valence-electron chi connectivity index (χ0n) is 16.6. The van der Waals surface area contributed by atoms with Gasteiger partial charge < -0.3 is 15.0 Å². The van der Waals surface area contributed by atoms with Crippen LogP contribution in [-0.2, 0) is 20.9 Å². The quantitative estimate of drug-likeness (QED) is 0.502. The molecule has 0 spiro atoms. The number of carbonyl (C=O) groups is 3. The summed E-state index contributed by atoms with van der Waals surface area (Å²) < 4.78 is 5.22. The van der Waals surface area contributed by atoms with Crippen molar-refractivity contribution in [2.75, 3.05) is 13.6 Å². The second-order valence-electron chi connectivity index (χ2n) is 6.68. The van der Waals surface area contributed by atoms with Gasteiger partial charge in [-0.05, 0) is 43.2 Å². The SMILES string of the molecule is C[C@@H](OC(=O)CCCNC(=O)c1ccc(Cl)cc1)C(=O)N(C)Cc1ccccc1. The van der Waals surface area contributed by atoms with E-state index in [2.05, 4.69) is 5.32 Å². The monoisotopic (exact) mass is 416 g/mol. The third-order valence-corrected chi connectivity index (χ3v) is 4.50. The van der Waals surface area contributed by atoms with Crippen molar-refractivity contribution in [2.24, 2.45) is 0 Å². The van der Waals surface area contributed by atoms with Crippen molar-refractivity contribution in [3.05, 3.63) is 70.7 Å². The molecule has 0 aliphatic rings. The molecule has 2 aromatic carbocycles. The number of benzene rings is 2. The van der Waals surface area contributed by atoms with Crippen molar-refractivity contribution in [3.63, 3.8) is 0 Å². The lowest BCUT2D eigenvalue weighted by Crippen LogP contribution is -2.37. The average molecular weight is 417 g/mol. The Morgan fingerprint density at radius 3 is 2.38 bits per heavy atom. The molecule has 1 atom stereocenters. The fourth-order valence-electron chi connectivity index (χ4n) is 2.69. The van der Waals surface area contributed by atoms with E-state index in [0.29, 0.717) is 30.1 Å². The highest BCUT2D eigenvalue weighted by molar-refractivity contribution is 6.30. The topological polar surface area (TPSA) is 75.7 Å². The van der Waals surface area contributed by atoms with Crippen molar-refractivity contribution in [1.29, 1.82) is 0 Å². The van der Waals surface area contributed by atoms with Crippen molar-refractivity contribution in [1.82, 2.24) is 10.2 Å². The summed E-state index contributed by atoms with van der Waals surface area (Å²) in [6, 6.07) is 16.1. The number of nitrogens with one attached hydrogen (secondary N) is 1. The zero-order valence-corrected chi connectivity index (χ0v) is 17.3. The zero-order chi connectivity index (χ0) is 21.2. The van der Waals surface area contributed by atoms with E-state index in [9.17, 15) is 14.4 Å². The lowest BCUT2D eigenvalue weighted by molar-refractivity contribution is -0.158. The lowest BCUT2D eigenvalue weighted by Gasteiger charge is -2.21. The van der Waals surface area contributed by atoms with Gasteiger partial charge in [0.1, 0.15) is 0 Å². The van der Waals surface area contributed by atoms with Gasteiger partial charge in [-0.2, -0.15) is 0 Å². The van der Waals surface area contributed by atoms with E-state index in [1.54, 1.807) is 38.2 Å². The molecule has 0 fully saturated rings. The molecule has 29 heavy (non-hydrogen) atoms. The van der Waals surface area contributed by atoms with Crippen LogP contribution in [0.3, 0.4) is 0 Å². The molecule has 0 radical (unpaired) electrons. The van der Waals surface area contributed by atoms with Crippen LogP contribution < -0.4 is 5.32 Å². The number of amides is 2. The number of rotatable bonds is 9. The van der Waals surface area contributed by atoms with Gasteiger partial charge in [-0.15, -0.1) is 0 Å². The maximum Gasteiger partial charge on any atom is 0.306 e. The maximum absolute atomic E-state index is 12.4. The Hall–Kier alpha value is -2.86. The summed E-state index contributed by atoms with van der Waals surface area (Å²) in [5.41, 5.74) is 1.50. The number of nitrogens with zero attached hydrogens (tertiary/aromatic N) is 1. The average Bonchev–Trinajstić information content (AvgIpc) is 2.71. The van der Waals surface area contributed by atoms with Gasteiger partial charge >= 0.3 is 5.97 Å². The minimum absolute atomic E-state index is 0.112. The van der Waals surface area contributed by atoms with Crippen LogP contribution in [0.25, 0.3) is 0 Å². The van der Waals surface area contributed by atoms with E-state index in [-0.39, 0.29) is 18.2 Å². The summed E-state index contributed by atoms with van der Waals surface area (Å²) >= 11 is 5.79. The molecule has 0 unspecified atom stereocenters. The predicted octanol–water partition coefficient (Wildman–Crippen LogP) is 3.44. The minimum atomic E-state index is -0.861. The summed E-state index contributed by atoms with van der Waals surface area (Å²) in [5, 5.41) is 3.29. The number of likely N-dealkylation sites (N-methyl/N-ethyl adjacent to an activating group) is 1. The van der Waals surface area contributed by atoms with Gasteiger partial charge in [0.15, 0.2) is 6.10 Å². The predicted molar refractivity (Wildman–Crippen MR) is 111 cm³/mol. The first-order valence-electron chi connectivity index (χ1n) is 9.39. The van der Waals surface area contributed by atoms with Crippen LogP contribution in [0.2, 0.25) is 5.02 Å². The van der Waals surface area contributed by atoms with Gasteiger partial charge in [-0.1, -0.05) is 41.9 Å². The molecule has 2 aromatic rings. The number of ether oxygens (including phenoxy) is 1. The lowest BCUT2D eigenvalue weighted by atomic mass is 10.2. The molecule has 0 saturated carbocycles. The fraction of sp³-hybridized carbons (Fsp3) is 0.318. The standard InChI is InChI=1S/C22H25ClN2O4/c1-16(22(28)25(2)15-17-7-4-3-5-8-17)29-20(26)9-6-14-24-21(27)18-10-12-19(23)13-11-18/h3-5,7-8,10-13,16H,6,9,14-15H2,1-2H3,(H,24,27)/t16-/m1/s1. The van der Waals surface area contributed by atoms with Crippen LogP contribution in [-0.4, -0.2) is 42.4 Å². The molecule has 0 aromatic heterocycles. The molecule has 0 aliphatic carbocycles.